The van der Waals surface area contributed by atoms with Crippen LogP contribution in [0.3, 0.4) is 0 Å². The maximum atomic E-state index is 12.5. The highest BCUT2D eigenvalue weighted by atomic mass is 79.9. The van der Waals surface area contributed by atoms with Crippen molar-refractivity contribution in [1.82, 2.24) is 20.1 Å². The summed E-state index contributed by atoms with van der Waals surface area (Å²) < 4.78 is 2.75. The number of halogens is 2. The molecule has 0 fully saturated rings. The zero-order valence-corrected chi connectivity index (χ0v) is 21.2. The van der Waals surface area contributed by atoms with Gasteiger partial charge in [0.1, 0.15) is 0 Å². The first-order chi connectivity index (χ1) is 15.2. The van der Waals surface area contributed by atoms with E-state index in [1.807, 2.05) is 40.0 Å². The summed E-state index contributed by atoms with van der Waals surface area (Å²) in [6, 6.07) is 10.2. The molecule has 2 aromatic carbocycles. The van der Waals surface area contributed by atoms with Crippen molar-refractivity contribution in [3.05, 3.63) is 68.4 Å². The normalized spacial score (nSPS) is 11.8. The molecule has 2 N–H and O–H groups in total. The Morgan fingerprint density at radius 1 is 1.16 bits per heavy atom. The summed E-state index contributed by atoms with van der Waals surface area (Å²) in [6.45, 7) is 5.74. The van der Waals surface area contributed by atoms with Crippen LogP contribution in [-0.4, -0.2) is 32.3 Å². The van der Waals surface area contributed by atoms with E-state index in [9.17, 15) is 9.59 Å². The van der Waals surface area contributed by atoms with E-state index >= 15 is 0 Å². The van der Waals surface area contributed by atoms with Crippen molar-refractivity contribution < 1.29 is 9.59 Å². The summed E-state index contributed by atoms with van der Waals surface area (Å²) >= 11 is 10.6. The standard InChI is InChI=1S/C22H23BrClN5O2S/c1-12-9-16(23)10-13(2)19(12)26-18(30)11-32-22-28-27-20(29(22)4)14(3)25-21(31)15-5-7-17(24)8-6-15/h5-10,14H,11H2,1-4H3,(H,25,31)(H,26,30)/t14-/m0/s1. The zero-order valence-electron chi connectivity index (χ0n) is 18.1. The van der Waals surface area contributed by atoms with Crippen molar-refractivity contribution in [2.45, 2.75) is 32.0 Å². The molecule has 0 spiro atoms. The molecule has 3 rings (SSSR count). The minimum absolute atomic E-state index is 0.128. The SMILES string of the molecule is Cc1cc(Br)cc(C)c1NC(=O)CSc1nnc([C@H](C)NC(=O)c2ccc(Cl)cc2)n1C. The van der Waals surface area contributed by atoms with Gasteiger partial charge in [0, 0.05) is 27.8 Å². The van der Waals surface area contributed by atoms with Gasteiger partial charge in [-0.1, -0.05) is 39.3 Å². The first kappa shape index (κ1) is 24.3. The number of amides is 2. The van der Waals surface area contributed by atoms with E-state index < -0.39 is 0 Å². The quantitative estimate of drug-likeness (QED) is 0.412. The van der Waals surface area contributed by atoms with E-state index in [-0.39, 0.29) is 23.6 Å². The van der Waals surface area contributed by atoms with Gasteiger partial charge in [0.25, 0.3) is 5.91 Å². The molecule has 0 saturated carbocycles. The fourth-order valence-corrected chi connectivity index (χ4v) is 4.72. The van der Waals surface area contributed by atoms with Crippen LogP contribution in [0.2, 0.25) is 5.02 Å². The summed E-state index contributed by atoms with van der Waals surface area (Å²) in [7, 11) is 1.81. The Balaban J connectivity index is 1.60. The van der Waals surface area contributed by atoms with Gasteiger partial charge >= 0.3 is 0 Å². The summed E-state index contributed by atoms with van der Waals surface area (Å²) in [6.07, 6.45) is 0. The van der Waals surface area contributed by atoms with Gasteiger partial charge in [0.15, 0.2) is 11.0 Å². The number of nitrogens with one attached hydrogen (secondary N) is 2. The molecule has 0 unspecified atom stereocenters. The van der Waals surface area contributed by atoms with Crippen molar-refractivity contribution in [1.29, 1.82) is 0 Å². The molecular weight excluding hydrogens is 514 g/mol. The Hall–Kier alpha value is -2.36. The van der Waals surface area contributed by atoms with Crippen LogP contribution in [0.1, 0.15) is 40.3 Å². The van der Waals surface area contributed by atoms with E-state index in [2.05, 4.69) is 36.8 Å². The molecule has 0 aliphatic carbocycles. The maximum absolute atomic E-state index is 12.5. The van der Waals surface area contributed by atoms with E-state index in [1.165, 1.54) is 11.8 Å². The third kappa shape index (κ3) is 5.90. The number of aromatic nitrogens is 3. The Morgan fingerprint density at radius 3 is 2.41 bits per heavy atom. The average molecular weight is 537 g/mol. The second-order valence-corrected chi connectivity index (χ2v) is 9.65. The van der Waals surface area contributed by atoms with E-state index in [4.69, 9.17) is 11.6 Å². The number of nitrogens with zero attached hydrogens (tertiary/aromatic N) is 3. The van der Waals surface area contributed by atoms with Crippen molar-refractivity contribution >= 4 is 56.8 Å². The van der Waals surface area contributed by atoms with Crippen molar-refractivity contribution in [2.75, 3.05) is 11.1 Å². The number of benzene rings is 2. The summed E-state index contributed by atoms with van der Waals surface area (Å²) in [5.41, 5.74) is 3.30. The van der Waals surface area contributed by atoms with E-state index in [0.29, 0.717) is 21.6 Å². The van der Waals surface area contributed by atoms with Gasteiger partial charge in [-0.15, -0.1) is 10.2 Å². The number of rotatable bonds is 7. The predicted octanol–water partition coefficient (Wildman–Crippen LogP) is 5.07. The summed E-state index contributed by atoms with van der Waals surface area (Å²) in [5, 5.41) is 15.4. The first-order valence-electron chi connectivity index (χ1n) is 9.80. The van der Waals surface area contributed by atoms with Gasteiger partial charge in [-0.25, -0.2) is 0 Å². The first-order valence-corrected chi connectivity index (χ1v) is 12.0. The second kappa shape index (κ2) is 10.5. The topological polar surface area (TPSA) is 88.9 Å². The molecule has 0 aliphatic heterocycles. The second-order valence-electron chi connectivity index (χ2n) is 7.35. The molecular formula is C22H23BrClN5O2S. The van der Waals surface area contributed by atoms with Crippen LogP contribution in [0.5, 0.6) is 0 Å². The van der Waals surface area contributed by atoms with Crippen LogP contribution in [0.15, 0.2) is 46.0 Å². The lowest BCUT2D eigenvalue weighted by Gasteiger charge is -2.14. The predicted molar refractivity (Wildman–Crippen MR) is 131 cm³/mol. The maximum Gasteiger partial charge on any atom is 0.251 e. The number of hydrogen-bond donors (Lipinski definition) is 2. The van der Waals surface area contributed by atoms with Crippen LogP contribution in [-0.2, 0) is 11.8 Å². The highest BCUT2D eigenvalue weighted by Gasteiger charge is 2.19. The van der Waals surface area contributed by atoms with Crippen LogP contribution in [0.25, 0.3) is 0 Å². The molecule has 3 aromatic rings. The smallest absolute Gasteiger partial charge is 0.251 e. The molecule has 1 atom stereocenters. The molecule has 0 aliphatic rings. The van der Waals surface area contributed by atoms with Gasteiger partial charge in [-0.2, -0.15) is 0 Å². The molecule has 0 radical (unpaired) electrons. The fraction of sp³-hybridized carbons (Fsp3) is 0.273. The number of carbonyl (C=O) groups excluding carboxylic acids is 2. The number of hydrogen-bond acceptors (Lipinski definition) is 5. The van der Waals surface area contributed by atoms with Crippen LogP contribution >= 0.6 is 39.3 Å². The van der Waals surface area contributed by atoms with Gasteiger partial charge in [-0.05, 0) is 68.3 Å². The number of carbonyl (C=O) groups is 2. The molecule has 0 saturated heterocycles. The Kier molecular flexibility index (Phi) is 7.97. The monoisotopic (exact) mass is 535 g/mol. The highest BCUT2D eigenvalue weighted by molar-refractivity contribution is 9.10. The molecule has 168 valence electrons. The number of thioether (sulfide) groups is 1. The van der Waals surface area contributed by atoms with Crippen LogP contribution < -0.4 is 10.6 Å². The zero-order chi connectivity index (χ0) is 23.4. The summed E-state index contributed by atoms with van der Waals surface area (Å²) in [4.78, 5) is 24.9. The van der Waals surface area contributed by atoms with Crippen LogP contribution in [0.4, 0.5) is 5.69 Å². The van der Waals surface area contributed by atoms with Gasteiger partial charge in [0.05, 0.1) is 11.8 Å². The lowest BCUT2D eigenvalue weighted by molar-refractivity contribution is -0.113. The molecule has 7 nitrogen and oxygen atoms in total. The Bertz CT molecular complexity index is 1130. The average Bonchev–Trinajstić information content (AvgIpc) is 3.10. The molecule has 10 heteroatoms. The summed E-state index contributed by atoms with van der Waals surface area (Å²) in [5.74, 6) is 0.421. The van der Waals surface area contributed by atoms with Crippen molar-refractivity contribution in [2.24, 2.45) is 7.05 Å². The van der Waals surface area contributed by atoms with Gasteiger partial charge in [-0.3, -0.25) is 9.59 Å². The number of anilines is 1. The molecule has 1 heterocycles. The number of aryl methyl sites for hydroxylation is 2. The van der Waals surface area contributed by atoms with Gasteiger partial charge < -0.3 is 15.2 Å². The third-order valence-electron chi connectivity index (χ3n) is 4.80. The fourth-order valence-electron chi connectivity index (χ4n) is 3.19. The highest BCUT2D eigenvalue weighted by Crippen LogP contribution is 2.26. The Labute approximate surface area is 204 Å². The molecule has 32 heavy (non-hydrogen) atoms. The molecule has 0 bridgehead atoms. The Morgan fingerprint density at radius 2 is 1.78 bits per heavy atom. The van der Waals surface area contributed by atoms with Crippen LogP contribution in [0, 0.1) is 13.8 Å². The minimum Gasteiger partial charge on any atom is -0.342 e. The van der Waals surface area contributed by atoms with E-state index in [0.717, 1.165) is 21.3 Å². The molecule has 2 amide bonds. The lowest BCUT2D eigenvalue weighted by Crippen LogP contribution is -2.28. The van der Waals surface area contributed by atoms with E-state index in [1.54, 1.807) is 28.8 Å². The van der Waals surface area contributed by atoms with Crippen molar-refractivity contribution in [3.8, 4) is 0 Å². The van der Waals surface area contributed by atoms with Crippen molar-refractivity contribution in [3.63, 3.8) is 0 Å². The lowest BCUT2D eigenvalue weighted by atomic mass is 10.1. The molecule has 1 aromatic heterocycles. The van der Waals surface area contributed by atoms with Gasteiger partial charge in [0.2, 0.25) is 5.91 Å². The minimum atomic E-state index is -0.369. The third-order valence-corrected chi connectivity index (χ3v) is 6.53. The largest absolute Gasteiger partial charge is 0.342 e.